The van der Waals surface area contributed by atoms with Crippen LogP contribution in [0.3, 0.4) is 0 Å². The lowest BCUT2D eigenvalue weighted by Crippen LogP contribution is -2.16. The lowest BCUT2D eigenvalue weighted by molar-refractivity contribution is 0.102. The van der Waals surface area contributed by atoms with Gasteiger partial charge in [-0.05, 0) is 31.5 Å². The zero-order valence-corrected chi connectivity index (χ0v) is 15.7. The number of halogens is 3. The van der Waals surface area contributed by atoms with Crippen LogP contribution in [0.5, 0.6) is 0 Å². The maximum atomic E-state index is 14.7. The number of fused-ring (bicyclic) bond motifs is 1. The van der Waals surface area contributed by atoms with Gasteiger partial charge in [0.05, 0.1) is 23.4 Å². The second-order valence-corrected chi connectivity index (χ2v) is 6.79. The van der Waals surface area contributed by atoms with E-state index >= 15 is 0 Å². The van der Waals surface area contributed by atoms with Gasteiger partial charge in [-0.25, -0.2) is 18.7 Å². The molecule has 0 bridgehead atoms. The normalized spacial score (nSPS) is 10.9. The van der Waals surface area contributed by atoms with Crippen LogP contribution in [0.15, 0.2) is 36.7 Å². The number of nitrogens with one attached hydrogen (secondary N) is 2. The average Bonchev–Trinajstić information content (AvgIpc) is 2.69. The molecular formula is C19H17F3N4OS. The predicted molar refractivity (Wildman–Crippen MR) is 105 cm³/mol. The fourth-order valence-corrected chi connectivity index (χ4v) is 3.25. The Labute approximate surface area is 163 Å². The average molecular weight is 406 g/mol. The third-order valence-corrected chi connectivity index (χ3v) is 4.86. The first-order chi connectivity index (χ1) is 13.5. The molecule has 0 unspecified atom stereocenters. The summed E-state index contributed by atoms with van der Waals surface area (Å²) in [5, 5.41) is 2.97. The number of nitrogens with zero attached hydrogens (tertiary/aromatic N) is 2. The molecule has 5 nitrogen and oxygen atoms in total. The molecule has 0 fully saturated rings. The molecule has 3 aromatic rings. The van der Waals surface area contributed by atoms with Gasteiger partial charge in [-0.3, -0.25) is 9.18 Å². The van der Waals surface area contributed by atoms with Gasteiger partial charge in [0.2, 0.25) is 0 Å². The zero-order valence-electron chi connectivity index (χ0n) is 14.9. The van der Waals surface area contributed by atoms with E-state index in [2.05, 4.69) is 20.0 Å². The maximum Gasteiger partial charge on any atom is 0.258 e. The molecule has 0 aliphatic carbocycles. The van der Waals surface area contributed by atoms with Crippen LogP contribution in [0.4, 0.5) is 24.5 Å². The number of alkyl halides is 1. The summed E-state index contributed by atoms with van der Waals surface area (Å²) in [7, 11) is 0. The fraction of sp³-hybridized carbons (Fsp3) is 0.211. The Kier molecular flexibility index (Phi) is 6.35. The van der Waals surface area contributed by atoms with Crippen LogP contribution < -0.4 is 10.0 Å². The van der Waals surface area contributed by atoms with E-state index in [4.69, 9.17) is 0 Å². The van der Waals surface area contributed by atoms with Crippen molar-refractivity contribution in [2.45, 2.75) is 13.3 Å². The van der Waals surface area contributed by atoms with E-state index in [9.17, 15) is 18.0 Å². The molecule has 1 aromatic heterocycles. The van der Waals surface area contributed by atoms with Gasteiger partial charge >= 0.3 is 0 Å². The van der Waals surface area contributed by atoms with Crippen LogP contribution in [0, 0.1) is 18.6 Å². The molecule has 1 heterocycles. The molecule has 0 atom stereocenters. The minimum Gasteiger partial charge on any atom is -0.327 e. The van der Waals surface area contributed by atoms with Crippen molar-refractivity contribution in [3.63, 3.8) is 0 Å². The van der Waals surface area contributed by atoms with Gasteiger partial charge in [0, 0.05) is 16.8 Å². The van der Waals surface area contributed by atoms with Crippen molar-refractivity contribution in [2.24, 2.45) is 0 Å². The number of anilines is 2. The quantitative estimate of drug-likeness (QED) is 0.432. The van der Waals surface area contributed by atoms with Crippen LogP contribution in [0.25, 0.3) is 10.9 Å². The van der Waals surface area contributed by atoms with Crippen molar-refractivity contribution >= 4 is 40.1 Å². The maximum absolute atomic E-state index is 14.7. The van der Waals surface area contributed by atoms with E-state index < -0.39 is 29.9 Å². The number of aryl methyl sites for hydroxylation is 1. The molecule has 0 aliphatic heterocycles. The molecule has 9 heteroatoms. The molecule has 0 radical (unpaired) electrons. The topological polar surface area (TPSA) is 66.9 Å². The largest absolute Gasteiger partial charge is 0.327 e. The third-order valence-electron chi connectivity index (χ3n) is 4.00. The van der Waals surface area contributed by atoms with Gasteiger partial charge in [0.25, 0.3) is 5.91 Å². The van der Waals surface area contributed by atoms with Gasteiger partial charge in [-0.1, -0.05) is 24.1 Å². The predicted octanol–water partition coefficient (Wildman–Crippen LogP) is 4.89. The number of hydrogen-bond donors (Lipinski definition) is 2. The van der Waals surface area contributed by atoms with Crippen LogP contribution in [-0.4, -0.2) is 28.3 Å². The molecule has 0 aliphatic rings. The second kappa shape index (κ2) is 8.92. The Balaban J connectivity index is 1.87. The smallest absolute Gasteiger partial charge is 0.258 e. The standard InChI is InChI=1S/C19H17F3N4OS/c1-11-12-4-2-5-13(17(12)24-10-23-11)19(27)25-18-14(21)6-7-15(16(18)22)26-28-9-3-8-20/h2,4-7,10,26H,3,8-9H2,1H3,(H,25,27). The monoisotopic (exact) mass is 406 g/mol. The summed E-state index contributed by atoms with van der Waals surface area (Å²) >= 11 is 1.10. The lowest BCUT2D eigenvalue weighted by atomic mass is 10.1. The Bertz CT molecular complexity index is 1020. The van der Waals surface area contributed by atoms with Crippen LogP contribution in [-0.2, 0) is 0 Å². The Morgan fingerprint density at radius 1 is 1.18 bits per heavy atom. The molecule has 2 N–H and O–H groups in total. The van der Waals surface area contributed by atoms with Crippen molar-refractivity contribution in [1.29, 1.82) is 0 Å². The summed E-state index contributed by atoms with van der Waals surface area (Å²) in [5.41, 5.74) is 0.691. The minimum absolute atomic E-state index is 0.00310. The summed E-state index contributed by atoms with van der Waals surface area (Å²) in [6.07, 6.45) is 1.64. The number of carbonyl (C=O) groups excluding carboxylic acids is 1. The van der Waals surface area contributed by atoms with Gasteiger partial charge in [0.1, 0.15) is 17.8 Å². The lowest BCUT2D eigenvalue weighted by Gasteiger charge is -2.13. The van der Waals surface area contributed by atoms with E-state index in [1.807, 2.05) is 0 Å². The van der Waals surface area contributed by atoms with Crippen LogP contribution >= 0.6 is 11.9 Å². The van der Waals surface area contributed by atoms with Gasteiger partial charge in [0.15, 0.2) is 5.82 Å². The first-order valence-corrected chi connectivity index (χ1v) is 9.45. The highest BCUT2D eigenvalue weighted by Crippen LogP contribution is 2.29. The third kappa shape index (κ3) is 4.19. The number of rotatable bonds is 7. The first-order valence-electron chi connectivity index (χ1n) is 8.46. The molecule has 28 heavy (non-hydrogen) atoms. The van der Waals surface area contributed by atoms with E-state index in [-0.39, 0.29) is 11.3 Å². The van der Waals surface area contributed by atoms with E-state index in [0.29, 0.717) is 28.8 Å². The van der Waals surface area contributed by atoms with Crippen molar-refractivity contribution in [3.8, 4) is 0 Å². The van der Waals surface area contributed by atoms with Gasteiger partial charge in [-0.2, -0.15) is 0 Å². The van der Waals surface area contributed by atoms with Gasteiger partial charge < -0.3 is 10.0 Å². The summed E-state index contributed by atoms with van der Waals surface area (Å²) in [5.74, 6) is -2.11. The molecule has 0 spiro atoms. The highest BCUT2D eigenvalue weighted by Gasteiger charge is 2.19. The summed E-state index contributed by atoms with van der Waals surface area (Å²) in [6, 6.07) is 7.21. The highest BCUT2D eigenvalue weighted by molar-refractivity contribution is 8.00. The van der Waals surface area contributed by atoms with Crippen molar-refractivity contribution in [1.82, 2.24) is 9.97 Å². The number of para-hydroxylation sites is 1. The summed E-state index contributed by atoms with van der Waals surface area (Å²) in [6.45, 7) is 1.30. The highest BCUT2D eigenvalue weighted by atomic mass is 32.2. The molecule has 2 aromatic carbocycles. The first kappa shape index (κ1) is 19.9. The molecule has 146 valence electrons. The van der Waals surface area contributed by atoms with E-state index in [1.165, 1.54) is 18.5 Å². The molecule has 0 saturated carbocycles. The number of hydrogen-bond acceptors (Lipinski definition) is 5. The summed E-state index contributed by atoms with van der Waals surface area (Å²) < 4.78 is 43.7. The fourth-order valence-electron chi connectivity index (χ4n) is 2.58. The van der Waals surface area contributed by atoms with Crippen molar-refractivity contribution in [3.05, 3.63) is 59.6 Å². The number of carbonyl (C=O) groups is 1. The molecule has 3 rings (SSSR count). The summed E-state index contributed by atoms with van der Waals surface area (Å²) in [4.78, 5) is 20.9. The minimum atomic E-state index is -0.938. The number of aromatic nitrogens is 2. The van der Waals surface area contributed by atoms with Gasteiger partial charge in [-0.15, -0.1) is 0 Å². The number of amides is 1. The van der Waals surface area contributed by atoms with Crippen LogP contribution in [0.2, 0.25) is 0 Å². The van der Waals surface area contributed by atoms with E-state index in [0.717, 1.165) is 18.0 Å². The Morgan fingerprint density at radius 3 is 2.79 bits per heavy atom. The second-order valence-electron chi connectivity index (χ2n) is 5.89. The van der Waals surface area contributed by atoms with Crippen LogP contribution in [0.1, 0.15) is 22.5 Å². The Morgan fingerprint density at radius 2 is 2.00 bits per heavy atom. The van der Waals surface area contributed by atoms with Crippen molar-refractivity contribution < 1.29 is 18.0 Å². The molecule has 0 saturated heterocycles. The molecule has 1 amide bonds. The zero-order chi connectivity index (χ0) is 20.1. The number of benzene rings is 2. The molecular weight excluding hydrogens is 389 g/mol. The SMILES string of the molecule is Cc1ncnc2c(C(=O)Nc3c(F)ccc(NSCCCF)c3F)cccc12. The van der Waals surface area contributed by atoms with Crippen molar-refractivity contribution in [2.75, 3.05) is 22.5 Å². The Hall–Kier alpha value is -2.81. The van der Waals surface area contributed by atoms with E-state index in [1.54, 1.807) is 19.1 Å².